The third-order valence-electron chi connectivity index (χ3n) is 4.41. The summed E-state index contributed by atoms with van der Waals surface area (Å²) in [6.07, 6.45) is 4.30. The third-order valence-corrected chi connectivity index (χ3v) is 4.90. The molecule has 0 radical (unpaired) electrons. The van der Waals surface area contributed by atoms with Gasteiger partial charge in [-0.3, -0.25) is 9.80 Å². The highest BCUT2D eigenvalue weighted by atomic mass is 79.9. The molecule has 0 bridgehead atoms. The van der Waals surface area contributed by atoms with Gasteiger partial charge >= 0.3 is 0 Å². The fourth-order valence-electron chi connectivity index (χ4n) is 3.27. The summed E-state index contributed by atoms with van der Waals surface area (Å²) in [6, 6.07) is 13.4. The van der Waals surface area contributed by atoms with Crippen molar-refractivity contribution in [3.63, 3.8) is 0 Å². The smallest absolute Gasteiger partial charge is 0.273 e. The monoisotopic (exact) mass is 412 g/mol. The third kappa shape index (κ3) is 3.27. The first-order valence-electron chi connectivity index (χ1n) is 8.37. The summed E-state index contributed by atoms with van der Waals surface area (Å²) in [4.78, 5) is 13.2. The lowest BCUT2D eigenvalue weighted by atomic mass is 10.0. The number of carbonyl (C=O) groups excluding carboxylic acids is 1. The average molecular weight is 413 g/mol. The van der Waals surface area contributed by atoms with Crippen LogP contribution in [0, 0.1) is 0 Å². The zero-order valence-corrected chi connectivity index (χ0v) is 16.3. The molecule has 2 aromatic rings. The van der Waals surface area contributed by atoms with Gasteiger partial charge in [0.25, 0.3) is 5.91 Å². The van der Waals surface area contributed by atoms with Crippen LogP contribution < -0.4 is 9.75 Å². The summed E-state index contributed by atoms with van der Waals surface area (Å²) >= 11 is 3.47. The van der Waals surface area contributed by atoms with E-state index < -0.39 is 0 Å². The minimum absolute atomic E-state index is 0.0298. The molecular weight excluding hydrogens is 392 g/mol. The van der Waals surface area contributed by atoms with E-state index >= 15 is 0 Å². The molecule has 0 spiro atoms. The molecule has 5 heteroatoms. The van der Waals surface area contributed by atoms with Crippen molar-refractivity contribution in [1.82, 2.24) is 5.01 Å². The van der Waals surface area contributed by atoms with Crippen LogP contribution in [0.2, 0.25) is 0 Å². The Kier molecular flexibility index (Phi) is 5.47. The van der Waals surface area contributed by atoms with Crippen LogP contribution in [0.25, 0.3) is 0 Å². The van der Waals surface area contributed by atoms with E-state index in [2.05, 4.69) is 29.1 Å². The number of fused-ring (bicyclic) bond motifs is 1. The molecule has 1 atom stereocenters. The SMILES string of the molecule is C=CCC1c2ccc(Br)cc2C(=O)N1N(CC=C)c1cccc(OC)c1. The van der Waals surface area contributed by atoms with Crippen molar-refractivity contribution in [2.45, 2.75) is 12.5 Å². The molecule has 0 aromatic heterocycles. The highest BCUT2D eigenvalue weighted by molar-refractivity contribution is 9.10. The van der Waals surface area contributed by atoms with Gasteiger partial charge in [-0.2, -0.15) is 0 Å². The largest absolute Gasteiger partial charge is 0.497 e. The Morgan fingerprint density at radius 3 is 2.73 bits per heavy atom. The molecule has 0 fully saturated rings. The van der Waals surface area contributed by atoms with Gasteiger partial charge in [0.2, 0.25) is 0 Å². The summed E-state index contributed by atoms with van der Waals surface area (Å²) in [6.45, 7) is 8.24. The number of ether oxygens (including phenoxy) is 1. The molecule has 0 N–H and O–H groups in total. The highest BCUT2D eigenvalue weighted by Crippen LogP contribution is 2.40. The molecule has 0 saturated carbocycles. The number of hydrogen-bond donors (Lipinski definition) is 0. The molecule has 1 aliphatic heterocycles. The topological polar surface area (TPSA) is 32.8 Å². The number of carbonyl (C=O) groups is 1. The van der Waals surface area contributed by atoms with E-state index in [-0.39, 0.29) is 11.9 Å². The normalized spacial score (nSPS) is 15.5. The number of methoxy groups -OCH3 is 1. The van der Waals surface area contributed by atoms with E-state index in [0.717, 1.165) is 21.5 Å². The van der Waals surface area contributed by atoms with Crippen molar-refractivity contribution in [3.05, 3.63) is 83.4 Å². The Hall–Kier alpha value is -2.53. The summed E-state index contributed by atoms with van der Waals surface area (Å²) in [5, 5.41) is 3.75. The van der Waals surface area contributed by atoms with Crippen LogP contribution in [0.5, 0.6) is 5.75 Å². The number of anilines is 1. The summed E-state index contributed by atoms with van der Waals surface area (Å²) in [7, 11) is 1.63. The van der Waals surface area contributed by atoms with Crippen LogP contribution in [-0.2, 0) is 0 Å². The molecule has 0 saturated heterocycles. The predicted octanol–water partition coefficient (Wildman–Crippen LogP) is 5.14. The van der Waals surface area contributed by atoms with Gasteiger partial charge in [-0.05, 0) is 36.2 Å². The van der Waals surface area contributed by atoms with Crippen molar-refractivity contribution in [2.24, 2.45) is 0 Å². The van der Waals surface area contributed by atoms with Gasteiger partial charge in [-0.15, -0.1) is 13.2 Å². The van der Waals surface area contributed by atoms with Crippen molar-refractivity contribution in [1.29, 1.82) is 0 Å². The fourth-order valence-corrected chi connectivity index (χ4v) is 3.64. The molecular formula is C21H21BrN2O2. The van der Waals surface area contributed by atoms with Crippen LogP contribution in [0.15, 0.2) is 72.2 Å². The van der Waals surface area contributed by atoms with Crippen molar-refractivity contribution >= 4 is 27.5 Å². The number of amides is 1. The molecule has 1 unspecified atom stereocenters. The van der Waals surface area contributed by atoms with E-state index in [0.29, 0.717) is 18.5 Å². The quantitative estimate of drug-likeness (QED) is 0.590. The first kappa shape index (κ1) is 18.3. The van der Waals surface area contributed by atoms with Gasteiger partial charge in [0, 0.05) is 16.1 Å². The van der Waals surface area contributed by atoms with E-state index in [1.54, 1.807) is 18.2 Å². The van der Waals surface area contributed by atoms with E-state index in [1.807, 2.05) is 53.5 Å². The minimum Gasteiger partial charge on any atom is -0.497 e. The van der Waals surface area contributed by atoms with Crippen LogP contribution >= 0.6 is 15.9 Å². The van der Waals surface area contributed by atoms with Crippen LogP contribution in [0.1, 0.15) is 28.4 Å². The van der Waals surface area contributed by atoms with E-state index in [4.69, 9.17) is 4.74 Å². The maximum absolute atomic E-state index is 13.2. The summed E-state index contributed by atoms with van der Waals surface area (Å²) in [5.41, 5.74) is 2.59. The first-order valence-corrected chi connectivity index (χ1v) is 9.16. The van der Waals surface area contributed by atoms with Crippen LogP contribution in [0.4, 0.5) is 5.69 Å². The van der Waals surface area contributed by atoms with Crippen molar-refractivity contribution in [2.75, 3.05) is 18.7 Å². The lowest BCUT2D eigenvalue weighted by molar-refractivity contribution is 0.0706. The Balaban J connectivity index is 2.09. The second-order valence-electron chi connectivity index (χ2n) is 5.99. The van der Waals surface area contributed by atoms with Crippen molar-refractivity contribution < 1.29 is 9.53 Å². The lowest BCUT2D eigenvalue weighted by Crippen LogP contribution is -2.45. The fraction of sp³-hybridized carbons (Fsp3) is 0.190. The molecule has 1 aliphatic rings. The Morgan fingerprint density at radius 1 is 1.23 bits per heavy atom. The van der Waals surface area contributed by atoms with Gasteiger partial charge in [-0.1, -0.05) is 40.2 Å². The van der Waals surface area contributed by atoms with Crippen LogP contribution in [0.3, 0.4) is 0 Å². The molecule has 2 aromatic carbocycles. The number of hydrazine groups is 1. The highest BCUT2D eigenvalue weighted by Gasteiger charge is 2.39. The molecule has 26 heavy (non-hydrogen) atoms. The van der Waals surface area contributed by atoms with Crippen LogP contribution in [-0.4, -0.2) is 24.6 Å². The van der Waals surface area contributed by atoms with Gasteiger partial charge in [0.1, 0.15) is 5.75 Å². The predicted molar refractivity (Wildman–Crippen MR) is 108 cm³/mol. The standard InChI is InChI=1S/C21H21BrN2O2/c1-4-7-20-18-11-10-15(22)13-19(18)21(25)24(20)23(12-5-2)16-8-6-9-17(14-16)26-3/h4-6,8-11,13-14,20H,1-2,7,12H2,3H3. The number of benzene rings is 2. The van der Waals surface area contributed by atoms with E-state index in [1.165, 1.54) is 0 Å². The number of rotatable bonds is 7. The molecule has 1 heterocycles. The molecule has 3 rings (SSSR count). The Labute approximate surface area is 162 Å². The Morgan fingerprint density at radius 2 is 2.04 bits per heavy atom. The van der Waals surface area contributed by atoms with Gasteiger partial charge in [-0.25, -0.2) is 5.01 Å². The first-order chi connectivity index (χ1) is 12.6. The average Bonchev–Trinajstić information content (AvgIpc) is 2.92. The number of halogens is 1. The van der Waals surface area contributed by atoms with Gasteiger partial charge < -0.3 is 4.74 Å². The second kappa shape index (κ2) is 7.79. The Bertz CT molecular complexity index is 850. The molecule has 134 valence electrons. The van der Waals surface area contributed by atoms with Crippen molar-refractivity contribution in [3.8, 4) is 5.75 Å². The molecule has 4 nitrogen and oxygen atoms in total. The van der Waals surface area contributed by atoms with Gasteiger partial charge in [0.05, 0.1) is 25.4 Å². The second-order valence-corrected chi connectivity index (χ2v) is 6.91. The van der Waals surface area contributed by atoms with E-state index in [9.17, 15) is 4.79 Å². The zero-order valence-electron chi connectivity index (χ0n) is 14.7. The van der Waals surface area contributed by atoms with Gasteiger partial charge in [0.15, 0.2) is 0 Å². The minimum atomic E-state index is -0.103. The number of hydrogen-bond acceptors (Lipinski definition) is 3. The zero-order chi connectivity index (χ0) is 18.7. The molecule has 1 amide bonds. The maximum Gasteiger partial charge on any atom is 0.273 e. The summed E-state index contributed by atoms with van der Waals surface area (Å²) in [5.74, 6) is 0.710. The summed E-state index contributed by atoms with van der Waals surface area (Å²) < 4.78 is 6.24. The molecule has 0 aliphatic carbocycles. The number of nitrogens with zero attached hydrogens (tertiary/aromatic N) is 2. The maximum atomic E-state index is 13.2. The lowest BCUT2D eigenvalue weighted by Gasteiger charge is -2.37.